The molecule has 0 amide bonds. The summed E-state index contributed by atoms with van der Waals surface area (Å²) in [7, 11) is 0. The standard InChI is InChI=1S/C14H30N2O2/c1-10(13(4)17-9-12(3)16)8-18-14(5,6)7-11(2)15/h11-13H,1,7-9,15-16H2,2-6H3. The molecule has 0 aliphatic carbocycles. The molecular weight excluding hydrogens is 228 g/mol. The minimum Gasteiger partial charge on any atom is -0.372 e. The fourth-order valence-electron chi connectivity index (χ4n) is 1.65. The lowest BCUT2D eigenvalue weighted by Crippen LogP contribution is -2.34. The molecule has 0 rings (SSSR count). The average Bonchev–Trinajstić information content (AvgIpc) is 2.20. The summed E-state index contributed by atoms with van der Waals surface area (Å²) >= 11 is 0. The molecule has 0 bridgehead atoms. The molecule has 0 heterocycles. The van der Waals surface area contributed by atoms with E-state index in [1.165, 1.54) is 0 Å². The van der Waals surface area contributed by atoms with Crippen molar-refractivity contribution in [3.05, 3.63) is 12.2 Å². The van der Waals surface area contributed by atoms with Crippen LogP contribution < -0.4 is 11.5 Å². The van der Waals surface area contributed by atoms with E-state index in [1.807, 2.05) is 34.6 Å². The van der Waals surface area contributed by atoms with Crippen molar-refractivity contribution in [1.82, 2.24) is 0 Å². The molecule has 0 aliphatic heterocycles. The molecular formula is C14H30N2O2. The van der Waals surface area contributed by atoms with Gasteiger partial charge in [-0.2, -0.15) is 0 Å². The summed E-state index contributed by atoms with van der Waals surface area (Å²) in [4.78, 5) is 0. The number of hydrogen-bond donors (Lipinski definition) is 2. The van der Waals surface area contributed by atoms with Gasteiger partial charge in [-0.15, -0.1) is 0 Å². The van der Waals surface area contributed by atoms with E-state index in [-0.39, 0.29) is 23.8 Å². The van der Waals surface area contributed by atoms with Gasteiger partial charge in [-0.1, -0.05) is 6.58 Å². The fraction of sp³-hybridized carbons (Fsp3) is 0.857. The Morgan fingerprint density at radius 1 is 1.17 bits per heavy atom. The van der Waals surface area contributed by atoms with Gasteiger partial charge < -0.3 is 20.9 Å². The zero-order valence-electron chi connectivity index (χ0n) is 12.5. The van der Waals surface area contributed by atoms with Crippen LogP contribution in [0.5, 0.6) is 0 Å². The molecule has 4 nitrogen and oxygen atoms in total. The summed E-state index contributed by atoms with van der Waals surface area (Å²) in [6.45, 7) is 14.9. The monoisotopic (exact) mass is 258 g/mol. The van der Waals surface area contributed by atoms with Gasteiger partial charge >= 0.3 is 0 Å². The van der Waals surface area contributed by atoms with E-state index in [1.54, 1.807) is 0 Å². The largest absolute Gasteiger partial charge is 0.372 e. The van der Waals surface area contributed by atoms with Gasteiger partial charge in [-0.3, -0.25) is 0 Å². The van der Waals surface area contributed by atoms with E-state index in [4.69, 9.17) is 20.9 Å². The molecule has 0 spiro atoms. The van der Waals surface area contributed by atoms with Crippen LogP contribution in [0.2, 0.25) is 0 Å². The third-order valence-corrected chi connectivity index (χ3v) is 2.65. The van der Waals surface area contributed by atoms with Gasteiger partial charge in [0.1, 0.15) is 0 Å². The van der Waals surface area contributed by atoms with Gasteiger partial charge in [0.05, 0.1) is 24.9 Å². The highest BCUT2D eigenvalue weighted by Crippen LogP contribution is 2.18. The predicted octanol–water partition coefficient (Wildman–Crippen LogP) is 1.83. The van der Waals surface area contributed by atoms with Gasteiger partial charge in [-0.25, -0.2) is 0 Å². The lowest BCUT2D eigenvalue weighted by molar-refractivity contribution is -0.0240. The molecule has 0 aromatic carbocycles. The van der Waals surface area contributed by atoms with Crippen molar-refractivity contribution in [3.8, 4) is 0 Å². The summed E-state index contributed by atoms with van der Waals surface area (Å²) in [6.07, 6.45) is 0.775. The molecule has 4 N–H and O–H groups in total. The maximum Gasteiger partial charge on any atom is 0.0777 e. The van der Waals surface area contributed by atoms with Crippen LogP contribution >= 0.6 is 0 Å². The summed E-state index contributed by atoms with van der Waals surface area (Å²) in [5.41, 5.74) is 12.1. The van der Waals surface area contributed by atoms with Crippen LogP contribution in [0, 0.1) is 0 Å². The highest BCUT2D eigenvalue weighted by atomic mass is 16.5. The Morgan fingerprint density at radius 3 is 2.17 bits per heavy atom. The average molecular weight is 258 g/mol. The van der Waals surface area contributed by atoms with E-state index in [9.17, 15) is 0 Å². The zero-order valence-corrected chi connectivity index (χ0v) is 12.5. The summed E-state index contributed by atoms with van der Waals surface area (Å²) in [5, 5.41) is 0. The molecule has 18 heavy (non-hydrogen) atoms. The quantitative estimate of drug-likeness (QED) is 0.619. The first kappa shape index (κ1) is 17.6. The van der Waals surface area contributed by atoms with Crippen molar-refractivity contribution < 1.29 is 9.47 Å². The van der Waals surface area contributed by atoms with E-state index < -0.39 is 0 Å². The second-order valence-electron chi connectivity index (χ2n) is 5.84. The number of nitrogens with two attached hydrogens (primary N) is 2. The third kappa shape index (κ3) is 8.64. The minimum absolute atomic E-state index is 0.0377. The molecule has 108 valence electrons. The van der Waals surface area contributed by atoms with Crippen molar-refractivity contribution in [1.29, 1.82) is 0 Å². The van der Waals surface area contributed by atoms with E-state index in [2.05, 4.69) is 6.58 Å². The van der Waals surface area contributed by atoms with Crippen molar-refractivity contribution in [2.45, 2.75) is 64.8 Å². The molecule has 4 heteroatoms. The van der Waals surface area contributed by atoms with Gasteiger partial charge in [0, 0.05) is 12.1 Å². The van der Waals surface area contributed by atoms with Crippen molar-refractivity contribution in [3.63, 3.8) is 0 Å². The topological polar surface area (TPSA) is 70.5 Å². The van der Waals surface area contributed by atoms with Crippen LogP contribution in [0.4, 0.5) is 0 Å². The second-order valence-corrected chi connectivity index (χ2v) is 5.84. The Hall–Kier alpha value is -0.420. The molecule has 0 aromatic heterocycles. The summed E-state index contributed by atoms with van der Waals surface area (Å²) in [6, 6.07) is 0.163. The van der Waals surface area contributed by atoms with E-state index in [0.29, 0.717) is 13.2 Å². The molecule has 0 aromatic rings. The predicted molar refractivity (Wildman–Crippen MR) is 76.5 cm³/mol. The molecule has 0 saturated carbocycles. The summed E-state index contributed by atoms with van der Waals surface area (Å²) in [5.74, 6) is 0. The molecule has 0 aliphatic rings. The van der Waals surface area contributed by atoms with Gasteiger partial charge in [0.25, 0.3) is 0 Å². The minimum atomic E-state index is -0.238. The van der Waals surface area contributed by atoms with E-state index >= 15 is 0 Å². The van der Waals surface area contributed by atoms with Crippen LogP contribution in [0.1, 0.15) is 41.0 Å². The Balaban J connectivity index is 4.01. The fourth-order valence-corrected chi connectivity index (χ4v) is 1.65. The normalized spacial score (nSPS) is 17.3. The Labute approximate surface area is 112 Å². The Morgan fingerprint density at radius 2 is 1.72 bits per heavy atom. The number of ether oxygens (including phenoxy) is 2. The molecule has 0 radical (unpaired) electrons. The number of rotatable bonds is 9. The van der Waals surface area contributed by atoms with Crippen molar-refractivity contribution in [2.24, 2.45) is 11.5 Å². The first-order chi connectivity index (χ1) is 8.14. The lowest BCUT2D eigenvalue weighted by atomic mass is 10.0. The number of hydrogen-bond acceptors (Lipinski definition) is 4. The molecule has 3 unspecified atom stereocenters. The maximum atomic E-state index is 5.84. The third-order valence-electron chi connectivity index (χ3n) is 2.65. The first-order valence-corrected chi connectivity index (χ1v) is 6.58. The SMILES string of the molecule is C=C(COC(C)(C)CC(C)N)C(C)OCC(C)N. The highest BCUT2D eigenvalue weighted by Gasteiger charge is 2.21. The first-order valence-electron chi connectivity index (χ1n) is 6.58. The van der Waals surface area contributed by atoms with Gasteiger partial charge in [0.15, 0.2) is 0 Å². The smallest absolute Gasteiger partial charge is 0.0777 e. The Kier molecular flexibility index (Phi) is 7.71. The molecule has 0 saturated heterocycles. The van der Waals surface area contributed by atoms with Crippen molar-refractivity contribution >= 4 is 0 Å². The Bertz CT molecular complexity index is 250. The van der Waals surface area contributed by atoms with Crippen LogP contribution in [0.25, 0.3) is 0 Å². The van der Waals surface area contributed by atoms with E-state index in [0.717, 1.165) is 12.0 Å². The second kappa shape index (κ2) is 7.89. The zero-order chi connectivity index (χ0) is 14.3. The van der Waals surface area contributed by atoms with Crippen LogP contribution in [0.3, 0.4) is 0 Å². The van der Waals surface area contributed by atoms with Crippen molar-refractivity contribution in [2.75, 3.05) is 13.2 Å². The highest BCUT2D eigenvalue weighted by molar-refractivity contribution is 5.01. The van der Waals surface area contributed by atoms with Crippen LogP contribution in [-0.4, -0.2) is 37.0 Å². The van der Waals surface area contributed by atoms with Gasteiger partial charge in [0.2, 0.25) is 0 Å². The van der Waals surface area contributed by atoms with Gasteiger partial charge in [-0.05, 0) is 46.6 Å². The van der Waals surface area contributed by atoms with Crippen LogP contribution in [0.15, 0.2) is 12.2 Å². The molecule has 0 fully saturated rings. The molecule has 3 atom stereocenters. The maximum absolute atomic E-state index is 5.84. The van der Waals surface area contributed by atoms with Crippen LogP contribution in [-0.2, 0) is 9.47 Å². The lowest BCUT2D eigenvalue weighted by Gasteiger charge is -2.28. The summed E-state index contributed by atoms with van der Waals surface area (Å²) < 4.78 is 11.4.